The second-order valence-electron chi connectivity index (χ2n) is 6.23. The van der Waals surface area contributed by atoms with E-state index in [1.807, 2.05) is 0 Å². The van der Waals surface area contributed by atoms with Crippen LogP contribution in [0.5, 0.6) is 0 Å². The first-order valence-corrected chi connectivity index (χ1v) is 10.0. The first-order valence-electron chi connectivity index (χ1n) is 10.0. The van der Waals surface area contributed by atoms with Gasteiger partial charge in [-0.1, -0.05) is 91.4 Å². The van der Waals surface area contributed by atoms with E-state index in [4.69, 9.17) is 9.84 Å². The van der Waals surface area contributed by atoms with Crippen LogP contribution in [0.15, 0.2) is 0 Å². The predicted octanol–water partition coefficient (Wildman–Crippen LogP) is 6.50. The lowest BCUT2D eigenvalue weighted by molar-refractivity contribution is 0.125. The molecule has 0 atom stereocenters. The molecule has 0 rings (SSSR count). The Hall–Kier alpha value is -0.0800. The highest BCUT2D eigenvalue weighted by Crippen LogP contribution is 2.06. The molecular weight excluding hydrogens is 272 g/mol. The van der Waals surface area contributed by atoms with Crippen molar-refractivity contribution in [2.24, 2.45) is 0 Å². The summed E-state index contributed by atoms with van der Waals surface area (Å²) < 4.78 is 5.65. The normalized spacial score (nSPS) is 10.4. The van der Waals surface area contributed by atoms with Crippen LogP contribution < -0.4 is 0 Å². The fourth-order valence-corrected chi connectivity index (χ4v) is 2.23. The Morgan fingerprint density at radius 1 is 0.500 bits per heavy atom. The molecule has 0 amide bonds. The van der Waals surface area contributed by atoms with Crippen molar-refractivity contribution in [1.29, 1.82) is 0 Å². The first-order chi connectivity index (χ1) is 10.8. The van der Waals surface area contributed by atoms with Gasteiger partial charge >= 0.3 is 0 Å². The number of ether oxygens (including phenoxy) is 1. The second-order valence-corrected chi connectivity index (χ2v) is 6.23. The van der Waals surface area contributed by atoms with Crippen LogP contribution >= 0.6 is 0 Å². The van der Waals surface area contributed by atoms with E-state index in [1.54, 1.807) is 0 Å². The van der Waals surface area contributed by atoms with E-state index in [2.05, 4.69) is 20.8 Å². The molecule has 0 saturated carbocycles. The Bertz CT molecular complexity index is 144. The number of hydrogen-bond donors (Lipinski definition) is 1. The number of hydrogen-bond acceptors (Lipinski definition) is 2. The highest BCUT2D eigenvalue weighted by molar-refractivity contribution is 4.45. The third-order valence-electron chi connectivity index (χ3n) is 3.80. The Morgan fingerprint density at radius 3 is 1.18 bits per heavy atom. The summed E-state index contributed by atoms with van der Waals surface area (Å²) in [5.74, 6) is 0. The highest BCUT2D eigenvalue weighted by atomic mass is 16.5. The molecule has 0 aliphatic carbocycles. The van der Waals surface area contributed by atoms with E-state index < -0.39 is 0 Å². The van der Waals surface area contributed by atoms with Crippen LogP contribution in [0.2, 0.25) is 0 Å². The summed E-state index contributed by atoms with van der Waals surface area (Å²) >= 11 is 0. The van der Waals surface area contributed by atoms with Gasteiger partial charge in [-0.15, -0.1) is 0 Å². The summed E-state index contributed by atoms with van der Waals surface area (Å²) in [6.07, 6.45) is 18.4. The van der Waals surface area contributed by atoms with Gasteiger partial charge in [0.15, 0.2) is 0 Å². The molecule has 2 heteroatoms. The van der Waals surface area contributed by atoms with E-state index in [0.29, 0.717) is 6.61 Å². The van der Waals surface area contributed by atoms with E-state index in [1.165, 1.54) is 77.0 Å². The highest BCUT2D eigenvalue weighted by Gasteiger charge is 1.92. The van der Waals surface area contributed by atoms with Gasteiger partial charge < -0.3 is 9.84 Å². The van der Waals surface area contributed by atoms with Gasteiger partial charge in [0.2, 0.25) is 0 Å². The fourth-order valence-electron chi connectivity index (χ4n) is 2.23. The van der Waals surface area contributed by atoms with Crippen LogP contribution in [0.25, 0.3) is 0 Å². The SMILES string of the molecule is CCCCCCCCOCCCCCCCC.CCCCO. The van der Waals surface area contributed by atoms with Gasteiger partial charge in [0.05, 0.1) is 0 Å². The predicted molar refractivity (Wildman–Crippen MR) is 99.6 cm³/mol. The van der Waals surface area contributed by atoms with Gasteiger partial charge in [0, 0.05) is 19.8 Å². The maximum atomic E-state index is 8.07. The standard InChI is InChI=1S/C16H34O.C4H10O/c1-3-5-7-9-11-13-15-17-16-14-12-10-8-6-4-2;1-2-3-4-5/h3-16H2,1-2H3;5H,2-4H2,1H3. The summed E-state index contributed by atoms with van der Waals surface area (Å²) in [5, 5.41) is 8.07. The Balaban J connectivity index is 0. The zero-order valence-corrected chi connectivity index (χ0v) is 15.9. The summed E-state index contributed by atoms with van der Waals surface area (Å²) in [6, 6.07) is 0. The zero-order valence-electron chi connectivity index (χ0n) is 15.9. The van der Waals surface area contributed by atoms with Crippen LogP contribution in [-0.2, 0) is 4.74 Å². The molecular formula is C20H44O2. The monoisotopic (exact) mass is 316 g/mol. The van der Waals surface area contributed by atoms with Gasteiger partial charge in [-0.05, 0) is 19.3 Å². The largest absolute Gasteiger partial charge is 0.396 e. The number of aliphatic hydroxyl groups is 1. The van der Waals surface area contributed by atoms with Crippen molar-refractivity contribution in [2.45, 2.75) is 111 Å². The summed E-state index contributed by atoms with van der Waals surface area (Å²) in [7, 11) is 0. The van der Waals surface area contributed by atoms with Crippen molar-refractivity contribution >= 4 is 0 Å². The second kappa shape index (κ2) is 25.9. The minimum absolute atomic E-state index is 0.344. The van der Waals surface area contributed by atoms with Crippen LogP contribution in [0.4, 0.5) is 0 Å². The number of aliphatic hydroxyl groups excluding tert-OH is 1. The molecule has 0 fully saturated rings. The average Bonchev–Trinajstić information content (AvgIpc) is 2.53. The van der Waals surface area contributed by atoms with Crippen LogP contribution in [-0.4, -0.2) is 24.9 Å². The van der Waals surface area contributed by atoms with Crippen molar-refractivity contribution in [1.82, 2.24) is 0 Å². The number of rotatable bonds is 16. The molecule has 136 valence electrons. The Kier molecular flexibility index (Phi) is 28.4. The van der Waals surface area contributed by atoms with Gasteiger partial charge in [-0.2, -0.15) is 0 Å². The molecule has 0 radical (unpaired) electrons. The van der Waals surface area contributed by atoms with E-state index in [9.17, 15) is 0 Å². The van der Waals surface area contributed by atoms with Gasteiger partial charge in [-0.25, -0.2) is 0 Å². The minimum Gasteiger partial charge on any atom is -0.396 e. The summed E-state index contributed by atoms with van der Waals surface area (Å²) in [5.41, 5.74) is 0. The summed E-state index contributed by atoms with van der Waals surface area (Å²) in [6.45, 7) is 8.90. The van der Waals surface area contributed by atoms with Crippen molar-refractivity contribution in [3.05, 3.63) is 0 Å². The first kappa shape index (κ1) is 24.2. The van der Waals surface area contributed by atoms with E-state index in [0.717, 1.165) is 26.1 Å². The molecule has 0 bridgehead atoms. The zero-order chi connectivity index (χ0) is 16.7. The maximum absolute atomic E-state index is 8.07. The van der Waals surface area contributed by atoms with Crippen molar-refractivity contribution in [3.63, 3.8) is 0 Å². The molecule has 0 aromatic carbocycles. The minimum atomic E-state index is 0.344. The fraction of sp³-hybridized carbons (Fsp3) is 1.00. The van der Waals surface area contributed by atoms with Crippen LogP contribution in [0.3, 0.4) is 0 Å². The van der Waals surface area contributed by atoms with Gasteiger partial charge in [0.25, 0.3) is 0 Å². The lowest BCUT2D eigenvalue weighted by Gasteiger charge is -2.04. The quantitative estimate of drug-likeness (QED) is 0.329. The molecule has 1 N–H and O–H groups in total. The van der Waals surface area contributed by atoms with Crippen LogP contribution in [0, 0.1) is 0 Å². The molecule has 22 heavy (non-hydrogen) atoms. The van der Waals surface area contributed by atoms with Gasteiger partial charge in [-0.3, -0.25) is 0 Å². The van der Waals surface area contributed by atoms with Crippen LogP contribution in [0.1, 0.15) is 111 Å². The molecule has 0 aliphatic heterocycles. The molecule has 0 aromatic rings. The molecule has 0 saturated heterocycles. The summed E-state index contributed by atoms with van der Waals surface area (Å²) in [4.78, 5) is 0. The number of unbranched alkanes of at least 4 members (excludes halogenated alkanes) is 11. The lowest BCUT2D eigenvalue weighted by atomic mass is 10.1. The molecule has 0 spiro atoms. The van der Waals surface area contributed by atoms with E-state index >= 15 is 0 Å². The topological polar surface area (TPSA) is 29.5 Å². The third-order valence-corrected chi connectivity index (χ3v) is 3.80. The Labute approximate surface area is 141 Å². The average molecular weight is 317 g/mol. The van der Waals surface area contributed by atoms with E-state index in [-0.39, 0.29) is 0 Å². The molecule has 0 aromatic heterocycles. The Morgan fingerprint density at radius 2 is 0.864 bits per heavy atom. The van der Waals surface area contributed by atoms with Crippen molar-refractivity contribution in [2.75, 3.05) is 19.8 Å². The molecule has 0 aliphatic rings. The van der Waals surface area contributed by atoms with Gasteiger partial charge in [0.1, 0.15) is 0 Å². The van der Waals surface area contributed by atoms with Crippen molar-refractivity contribution < 1.29 is 9.84 Å². The molecule has 2 nitrogen and oxygen atoms in total. The van der Waals surface area contributed by atoms with Crippen molar-refractivity contribution in [3.8, 4) is 0 Å². The molecule has 0 heterocycles. The smallest absolute Gasteiger partial charge is 0.0466 e. The molecule has 0 unspecified atom stereocenters. The maximum Gasteiger partial charge on any atom is 0.0466 e. The third kappa shape index (κ3) is 28.1. The lowest BCUT2D eigenvalue weighted by Crippen LogP contribution is -1.97.